The molecule has 126 valence electrons. The third-order valence-electron chi connectivity index (χ3n) is 3.46. The van der Waals surface area contributed by atoms with E-state index in [9.17, 15) is 23.1 Å². The monoisotopic (exact) mass is 361 g/mol. The molecule has 1 aliphatic heterocycles. The molecule has 1 amide bonds. The molecule has 0 aromatic heterocycles. The van der Waals surface area contributed by atoms with E-state index in [0.717, 1.165) is 0 Å². The van der Waals surface area contributed by atoms with Crippen molar-refractivity contribution in [2.24, 2.45) is 0 Å². The molecule has 1 saturated heterocycles. The molecule has 1 atom stereocenters. The first-order chi connectivity index (χ1) is 10.6. The van der Waals surface area contributed by atoms with Crippen LogP contribution in [0.4, 0.5) is 0 Å². The van der Waals surface area contributed by atoms with Crippen molar-refractivity contribution >= 4 is 33.3 Å². The minimum absolute atomic E-state index is 0.0138. The van der Waals surface area contributed by atoms with Crippen molar-refractivity contribution in [2.75, 3.05) is 18.1 Å². The van der Waals surface area contributed by atoms with E-state index in [2.05, 4.69) is 5.32 Å². The molecule has 0 saturated carbocycles. The molecule has 0 bridgehead atoms. The number of aromatic hydroxyl groups is 1. The molecule has 1 heterocycles. The Morgan fingerprint density at radius 2 is 2.13 bits per heavy atom. The number of phenolic OH excluding ortho intramolecular Hbond substituents is 1. The molecule has 0 unspecified atom stereocenters. The first-order valence-corrected chi connectivity index (χ1v) is 8.97. The molecule has 1 aliphatic rings. The minimum atomic E-state index is -3.15. The lowest BCUT2D eigenvalue weighted by Gasteiger charge is -2.23. The number of carbonyl (C=O) groups is 2. The number of halogens is 1. The van der Waals surface area contributed by atoms with Gasteiger partial charge in [-0.05, 0) is 31.5 Å². The average molecular weight is 362 g/mol. The Morgan fingerprint density at radius 1 is 1.43 bits per heavy atom. The molecule has 1 aromatic carbocycles. The van der Waals surface area contributed by atoms with Crippen LogP contribution in [0.1, 0.15) is 23.7 Å². The third-order valence-corrected chi connectivity index (χ3v) is 5.60. The lowest BCUT2D eigenvalue weighted by molar-refractivity contribution is -0.125. The fraction of sp³-hybridized carbons (Fsp3) is 0.429. The van der Waals surface area contributed by atoms with Crippen LogP contribution < -0.4 is 5.32 Å². The topological polar surface area (TPSA) is 110 Å². The maximum Gasteiger partial charge on any atom is 0.342 e. The zero-order chi connectivity index (χ0) is 17.3. The molecule has 0 spiro atoms. The number of carbonyl (C=O) groups excluding carboxylic acids is 2. The van der Waals surface area contributed by atoms with E-state index in [1.807, 2.05) is 0 Å². The molecule has 23 heavy (non-hydrogen) atoms. The molecule has 2 rings (SSSR count). The summed E-state index contributed by atoms with van der Waals surface area (Å²) in [4.78, 5) is 23.7. The zero-order valence-corrected chi connectivity index (χ0v) is 13.9. The van der Waals surface area contributed by atoms with Gasteiger partial charge < -0.3 is 15.2 Å². The van der Waals surface area contributed by atoms with Gasteiger partial charge in [-0.15, -0.1) is 0 Å². The van der Waals surface area contributed by atoms with Crippen molar-refractivity contribution in [3.63, 3.8) is 0 Å². The predicted octanol–water partition coefficient (Wildman–Crippen LogP) is 0.896. The number of amides is 1. The number of benzene rings is 1. The van der Waals surface area contributed by atoms with Crippen LogP contribution in [0, 0.1) is 0 Å². The van der Waals surface area contributed by atoms with Crippen LogP contribution in [0.5, 0.6) is 5.75 Å². The number of ether oxygens (including phenoxy) is 1. The number of phenols is 1. The molecular formula is C14H16ClNO6S. The summed E-state index contributed by atoms with van der Waals surface area (Å²) in [6, 6.07) is 3.87. The summed E-state index contributed by atoms with van der Waals surface area (Å²) >= 11 is 5.73. The molecule has 7 nitrogen and oxygen atoms in total. The Hall–Kier alpha value is -1.80. The zero-order valence-electron chi connectivity index (χ0n) is 12.3. The summed E-state index contributed by atoms with van der Waals surface area (Å²) in [5, 5.41) is 12.4. The second-order valence-corrected chi connectivity index (χ2v) is 8.31. The van der Waals surface area contributed by atoms with Crippen molar-refractivity contribution in [3.05, 3.63) is 28.8 Å². The SMILES string of the molecule is C[C@@]1(NC(=O)COC(=O)c2cc(Cl)ccc2O)CCS(=O)(=O)C1. The predicted molar refractivity (Wildman–Crippen MR) is 83.2 cm³/mol. The third kappa shape index (κ3) is 4.59. The largest absolute Gasteiger partial charge is 0.507 e. The van der Waals surface area contributed by atoms with E-state index in [0.29, 0.717) is 6.42 Å². The van der Waals surface area contributed by atoms with Crippen LogP contribution in [0.3, 0.4) is 0 Å². The Bertz CT molecular complexity index is 748. The number of nitrogens with one attached hydrogen (secondary N) is 1. The first kappa shape index (κ1) is 17.6. The number of rotatable bonds is 4. The van der Waals surface area contributed by atoms with Gasteiger partial charge in [0.05, 0.1) is 17.0 Å². The van der Waals surface area contributed by atoms with Gasteiger partial charge in [0.15, 0.2) is 16.4 Å². The van der Waals surface area contributed by atoms with Crippen LogP contribution in [0.2, 0.25) is 5.02 Å². The quantitative estimate of drug-likeness (QED) is 0.771. The first-order valence-electron chi connectivity index (χ1n) is 6.77. The van der Waals surface area contributed by atoms with Gasteiger partial charge in [0.25, 0.3) is 5.91 Å². The second kappa shape index (κ2) is 6.37. The molecule has 9 heteroatoms. The van der Waals surface area contributed by atoms with Gasteiger partial charge >= 0.3 is 5.97 Å². The van der Waals surface area contributed by atoms with E-state index in [1.54, 1.807) is 6.92 Å². The summed E-state index contributed by atoms with van der Waals surface area (Å²) in [5.74, 6) is -1.95. The van der Waals surface area contributed by atoms with Crippen LogP contribution in [-0.2, 0) is 19.4 Å². The fourth-order valence-corrected chi connectivity index (χ4v) is 4.63. The summed E-state index contributed by atoms with van der Waals surface area (Å²) in [6.07, 6.45) is 0.310. The molecular weight excluding hydrogens is 346 g/mol. The summed E-state index contributed by atoms with van der Waals surface area (Å²) in [6.45, 7) is 1.04. The summed E-state index contributed by atoms with van der Waals surface area (Å²) in [5.41, 5.74) is -1.01. The van der Waals surface area contributed by atoms with Crippen molar-refractivity contribution in [3.8, 4) is 5.75 Å². The highest BCUT2D eigenvalue weighted by Gasteiger charge is 2.39. The number of hydrogen-bond donors (Lipinski definition) is 2. The molecule has 1 fully saturated rings. The normalized spacial score (nSPS) is 22.5. The van der Waals surface area contributed by atoms with Gasteiger partial charge in [0.1, 0.15) is 11.3 Å². The fourth-order valence-electron chi connectivity index (χ4n) is 2.36. The highest BCUT2D eigenvalue weighted by molar-refractivity contribution is 7.91. The van der Waals surface area contributed by atoms with Crippen LogP contribution in [0.15, 0.2) is 18.2 Å². The van der Waals surface area contributed by atoms with E-state index >= 15 is 0 Å². The van der Waals surface area contributed by atoms with Gasteiger partial charge in [-0.1, -0.05) is 11.6 Å². The van der Waals surface area contributed by atoms with Crippen LogP contribution >= 0.6 is 11.6 Å². The number of esters is 1. The highest BCUT2D eigenvalue weighted by Crippen LogP contribution is 2.23. The average Bonchev–Trinajstić information content (AvgIpc) is 2.72. The molecule has 0 aliphatic carbocycles. The maximum absolute atomic E-state index is 11.8. The summed E-state index contributed by atoms with van der Waals surface area (Å²) in [7, 11) is -3.15. The van der Waals surface area contributed by atoms with Crippen molar-refractivity contribution in [1.82, 2.24) is 5.32 Å². The van der Waals surface area contributed by atoms with Gasteiger partial charge in [-0.25, -0.2) is 13.2 Å². The molecule has 2 N–H and O–H groups in total. The van der Waals surface area contributed by atoms with Crippen molar-refractivity contribution < 1.29 is 27.9 Å². The maximum atomic E-state index is 11.8. The molecule has 0 radical (unpaired) electrons. The Kier molecular flexibility index (Phi) is 4.86. The number of hydrogen-bond acceptors (Lipinski definition) is 6. The molecule has 1 aromatic rings. The Balaban J connectivity index is 1.92. The summed E-state index contributed by atoms with van der Waals surface area (Å²) < 4.78 is 27.8. The standard InChI is InChI=1S/C14H16ClNO6S/c1-14(4-5-23(20,21)8-14)16-12(18)7-22-13(19)10-6-9(15)2-3-11(10)17/h2-3,6,17H,4-5,7-8H2,1H3,(H,16,18)/t14-/m1/s1. The van der Waals surface area contributed by atoms with Gasteiger partial charge in [0, 0.05) is 5.02 Å². The van der Waals surface area contributed by atoms with Crippen LogP contribution in [-0.4, -0.2) is 49.1 Å². The number of sulfone groups is 1. The van der Waals surface area contributed by atoms with E-state index in [4.69, 9.17) is 16.3 Å². The Morgan fingerprint density at radius 3 is 2.74 bits per heavy atom. The van der Waals surface area contributed by atoms with Gasteiger partial charge in [-0.3, -0.25) is 4.79 Å². The van der Waals surface area contributed by atoms with Gasteiger partial charge in [-0.2, -0.15) is 0 Å². The van der Waals surface area contributed by atoms with Crippen LogP contribution in [0.25, 0.3) is 0 Å². The minimum Gasteiger partial charge on any atom is -0.507 e. The highest BCUT2D eigenvalue weighted by atomic mass is 35.5. The Labute approximate surface area is 138 Å². The van der Waals surface area contributed by atoms with E-state index < -0.39 is 33.9 Å². The van der Waals surface area contributed by atoms with Gasteiger partial charge in [0.2, 0.25) is 0 Å². The van der Waals surface area contributed by atoms with E-state index in [-0.39, 0.29) is 27.8 Å². The van der Waals surface area contributed by atoms with Crippen molar-refractivity contribution in [2.45, 2.75) is 18.9 Å². The lowest BCUT2D eigenvalue weighted by atomic mass is 10.0. The smallest absolute Gasteiger partial charge is 0.342 e. The van der Waals surface area contributed by atoms with Crippen molar-refractivity contribution in [1.29, 1.82) is 0 Å². The second-order valence-electron chi connectivity index (χ2n) is 5.69. The van der Waals surface area contributed by atoms with E-state index in [1.165, 1.54) is 18.2 Å². The lowest BCUT2D eigenvalue weighted by Crippen LogP contribution is -2.48.